The Hall–Kier alpha value is -2.20. The number of benzene rings is 1. The van der Waals surface area contributed by atoms with Crippen molar-refractivity contribution in [3.8, 4) is 0 Å². The molecular formula is C11H14N4O5S. The summed E-state index contributed by atoms with van der Waals surface area (Å²) < 4.78 is 26.8. The summed E-state index contributed by atoms with van der Waals surface area (Å²) in [6.07, 6.45) is 0.626. The van der Waals surface area contributed by atoms with Crippen molar-refractivity contribution < 1.29 is 18.1 Å². The Morgan fingerprint density at radius 1 is 1.43 bits per heavy atom. The standard InChI is InChI=1S/C11H14N4O5S/c12-9-5-8(15(17)18)2-3-10(9)21(19,20)14-7-1-4-11(16)13-6-7/h2-3,5,7,14H,1,4,6,12H2,(H,13,16). The summed E-state index contributed by atoms with van der Waals surface area (Å²) in [7, 11) is -3.90. The number of hydrogen-bond acceptors (Lipinski definition) is 6. The van der Waals surface area contributed by atoms with E-state index in [0.29, 0.717) is 6.42 Å². The van der Waals surface area contributed by atoms with Crippen molar-refractivity contribution in [2.75, 3.05) is 12.3 Å². The Morgan fingerprint density at radius 2 is 2.14 bits per heavy atom. The zero-order valence-electron chi connectivity index (χ0n) is 10.9. The van der Waals surface area contributed by atoms with Gasteiger partial charge in [0.1, 0.15) is 4.90 Å². The number of piperidine rings is 1. The highest BCUT2D eigenvalue weighted by molar-refractivity contribution is 7.89. The van der Waals surface area contributed by atoms with E-state index in [1.807, 2.05) is 0 Å². The van der Waals surface area contributed by atoms with Crippen LogP contribution in [0.1, 0.15) is 12.8 Å². The van der Waals surface area contributed by atoms with Gasteiger partial charge in [-0.1, -0.05) is 0 Å². The molecule has 2 rings (SSSR count). The summed E-state index contributed by atoms with van der Waals surface area (Å²) in [4.78, 5) is 20.8. The fourth-order valence-electron chi connectivity index (χ4n) is 2.01. The van der Waals surface area contributed by atoms with Crippen LogP contribution in [0.3, 0.4) is 0 Å². The second kappa shape index (κ2) is 5.66. The number of hydrogen-bond donors (Lipinski definition) is 3. The number of nitrogens with one attached hydrogen (secondary N) is 2. The van der Waals surface area contributed by atoms with E-state index in [4.69, 9.17) is 5.73 Å². The Balaban J connectivity index is 2.19. The summed E-state index contributed by atoms with van der Waals surface area (Å²) in [5, 5.41) is 13.2. The highest BCUT2D eigenvalue weighted by atomic mass is 32.2. The molecule has 114 valence electrons. The zero-order valence-corrected chi connectivity index (χ0v) is 11.7. The molecule has 1 atom stereocenters. The molecule has 0 aliphatic carbocycles. The van der Waals surface area contributed by atoms with Gasteiger partial charge in [0.25, 0.3) is 5.69 Å². The van der Waals surface area contributed by atoms with Gasteiger partial charge in [-0.2, -0.15) is 0 Å². The van der Waals surface area contributed by atoms with Crippen molar-refractivity contribution in [1.82, 2.24) is 10.0 Å². The number of nitro groups is 1. The first-order chi connectivity index (χ1) is 9.79. The molecule has 0 aromatic heterocycles. The molecule has 1 fully saturated rings. The average Bonchev–Trinajstić information content (AvgIpc) is 2.40. The highest BCUT2D eigenvalue weighted by Gasteiger charge is 2.26. The summed E-state index contributed by atoms with van der Waals surface area (Å²) in [6, 6.07) is 2.74. The lowest BCUT2D eigenvalue weighted by Crippen LogP contribution is -2.47. The highest BCUT2D eigenvalue weighted by Crippen LogP contribution is 2.24. The molecule has 1 aliphatic rings. The van der Waals surface area contributed by atoms with Crippen LogP contribution in [0.4, 0.5) is 11.4 Å². The number of sulfonamides is 1. The number of non-ortho nitro benzene ring substituents is 1. The maximum Gasteiger partial charge on any atom is 0.271 e. The van der Waals surface area contributed by atoms with Crippen molar-refractivity contribution in [3.63, 3.8) is 0 Å². The van der Waals surface area contributed by atoms with Crippen molar-refractivity contribution in [2.45, 2.75) is 23.8 Å². The molecule has 0 spiro atoms. The summed E-state index contributed by atoms with van der Waals surface area (Å²) >= 11 is 0. The fraction of sp³-hybridized carbons (Fsp3) is 0.364. The van der Waals surface area contributed by atoms with Gasteiger partial charge in [-0.05, 0) is 12.5 Å². The number of nitrogen functional groups attached to an aromatic ring is 1. The van der Waals surface area contributed by atoms with Crippen LogP contribution < -0.4 is 15.8 Å². The summed E-state index contributed by atoms with van der Waals surface area (Å²) in [5.74, 6) is -0.125. The number of carbonyl (C=O) groups excluding carboxylic acids is 1. The SMILES string of the molecule is Nc1cc([N+](=O)[O-])ccc1S(=O)(=O)NC1CCC(=O)NC1. The third-order valence-corrected chi connectivity index (χ3v) is 4.68. The average molecular weight is 314 g/mol. The first-order valence-electron chi connectivity index (χ1n) is 6.12. The number of rotatable bonds is 4. The van der Waals surface area contributed by atoms with E-state index in [1.54, 1.807) is 0 Å². The van der Waals surface area contributed by atoms with Gasteiger partial charge in [-0.15, -0.1) is 0 Å². The van der Waals surface area contributed by atoms with Crippen LogP contribution in [0.25, 0.3) is 0 Å². The molecule has 9 nitrogen and oxygen atoms in total. The fourth-order valence-corrected chi connectivity index (χ4v) is 3.39. The minimum atomic E-state index is -3.90. The van der Waals surface area contributed by atoms with Gasteiger partial charge < -0.3 is 11.1 Å². The largest absolute Gasteiger partial charge is 0.397 e. The lowest BCUT2D eigenvalue weighted by Gasteiger charge is -2.23. The first kappa shape index (κ1) is 15.2. The van der Waals surface area contributed by atoms with Crippen molar-refractivity contribution in [1.29, 1.82) is 0 Å². The molecule has 10 heteroatoms. The van der Waals surface area contributed by atoms with Gasteiger partial charge in [0.15, 0.2) is 0 Å². The predicted molar refractivity (Wildman–Crippen MR) is 73.9 cm³/mol. The van der Waals surface area contributed by atoms with Crippen LogP contribution in [0, 0.1) is 10.1 Å². The second-order valence-electron chi connectivity index (χ2n) is 4.64. The topological polar surface area (TPSA) is 144 Å². The quantitative estimate of drug-likeness (QED) is 0.396. The van der Waals surface area contributed by atoms with Crippen LogP contribution in [0.5, 0.6) is 0 Å². The van der Waals surface area contributed by atoms with E-state index in [1.165, 1.54) is 0 Å². The van der Waals surface area contributed by atoms with Crippen LogP contribution in [0.2, 0.25) is 0 Å². The van der Waals surface area contributed by atoms with Gasteiger partial charge in [0.05, 0.1) is 10.6 Å². The molecule has 1 saturated heterocycles. The molecule has 1 aromatic rings. The van der Waals surface area contributed by atoms with E-state index >= 15 is 0 Å². The third-order valence-electron chi connectivity index (χ3n) is 3.08. The maximum absolute atomic E-state index is 12.2. The van der Waals surface area contributed by atoms with Crippen molar-refractivity contribution in [3.05, 3.63) is 28.3 Å². The molecule has 1 aromatic carbocycles. The Morgan fingerprint density at radius 3 is 2.67 bits per heavy atom. The molecule has 1 amide bonds. The normalized spacial score (nSPS) is 19.0. The Kier molecular flexibility index (Phi) is 4.09. The molecule has 1 unspecified atom stereocenters. The number of carbonyl (C=O) groups is 1. The predicted octanol–water partition coefficient (Wildman–Crippen LogP) is -0.266. The number of nitro benzene ring substituents is 1. The Bertz CT molecular complexity index is 678. The van der Waals surface area contributed by atoms with Crippen LogP contribution >= 0.6 is 0 Å². The van der Waals surface area contributed by atoms with E-state index in [9.17, 15) is 23.3 Å². The van der Waals surface area contributed by atoms with Crippen LogP contribution in [-0.4, -0.2) is 31.8 Å². The van der Waals surface area contributed by atoms with Crippen LogP contribution in [0.15, 0.2) is 23.1 Å². The van der Waals surface area contributed by atoms with Gasteiger partial charge in [-0.25, -0.2) is 13.1 Å². The van der Waals surface area contributed by atoms with E-state index in [-0.39, 0.29) is 35.1 Å². The molecule has 21 heavy (non-hydrogen) atoms. The summed E-state index contributed by atoms with van der Waals surface area (Å²) in [6.45, 7) is 0.199. The summed E-state index contributed by atoms with van der Waals surface area (Å²) in [5.41, 5.74) is 5.10. The Labute approximate surface area is 120 Å². The van der Waals surface area contributed by atoms with E-state index < -0.39 is 21.0 Å². The van der Waals surface area contributed by atoms with Crippen LogP contribution in [-0.2, 0) is 14.8 Å². The maximum atomic E-state index is 12.2. The number of amides is 1. The molecule has 1 aliphatic heterocycles. The molecule has 1 heterocycles. The number of anilines is 1. The van der Waals surface area contributed by atoms with Gasteiger partial charge >= 0.3 is 0 Å². The first-order valence-corrected chi connectivity index (χ1v) is 7.61. The van der Waals surface area contributed by atoms with Gasteiger partial charge in [-0.3, -0.25) is 14.9 Å². The van der Waals surface area contributed by atoms with Gasteiger partial charge in [0, 0.05) is 31.1 Å². The van der Waals surface area contributed by atoms with E-state index in [2.05, 4.69) is 10.0 Å². The van der Waals surface area contributed by atoms with Crippen molar-refractivity contribution in [2.24, 2.45) is 0 Å². The molecule has 0 saturated carbocycles. The molecule has 4 N–H and O–H groups in total. The number of nitrogens with two attached hydrogens (primary N) is 1. The number of nitrogens with zero attached hydrogens (tertiary/aromatic N) is 1. The monoisotopic (exact) mass is 314 g/mol. The smallest absolute Gasteiger partial charge is 0.271 e. The zero-order chi connectivity index (χ0) is 15.6. The minimum absolute atomic E-state index is 0.125. The third kappa shape index (κ3) is 3.47. The van der Waals surface area contributed by atoms with Gasteiger partial charge in [0.2, 0.25) is 15.9 Å². The van der Waals surface area contributed by atoms with E-state index in [0.717, 1.165) is 18.2 Å². The molecular weight excluding hydrogens is 300 g/mol. The molecule has 0 bridgehead atoms. The molecule has 0 radical (unpaired) electrons. The van der Waals surface area contributed by atoms with Crippen molar-refractivity contribution >= 4 is 27.3 Å². The second-order valence-corrected chi connectivity index (χ2v) is 6.32. The lowest BCUT2D eigenvalue weighted by molar-refractivity contribution is -0.384. The minimum Gasteiger partial charge on any atom is -0.397 e. The lowest BCUT2D eigenvalue weighted by atomic mass is 10.1.